The molecule has 3 nitrogen and oxygen atoms in total. The van der Waals surface area contributed by atoms with Crippen LogP contribution < -0.4 is 0 Å². The quantitative estimate of drug-likeness (QED) is 0.780. The van der Waals surface area contributed by atoms with E-state index < -0.39 is 10.8 Å². The third-order valence-electron chi connectivity index (χ3n) is 2.29. The molecule has 15 heavy (non-hydrogen) atoms. The van der Waals surface area contributed by atoms with Gasteiger partial charge in [-0.2, -0.15) is 0 Å². The number of hydrogen-bond acceptors (Lipinski definition) is 2. The van der Waals surface area contributed by atoms with E-state index in [0.29, 0.717) is 5.04 Å². The molecule has 1 atom stereocenters. The molecule has 0 aliphatic carbocycles. The molecule has 0 saturated heterocycles. The van der Waals surface area contributed by atoms with Crippen molar-refractivity contribution in [1.29, 1.82) is 0 Å². The molecule has 2 heterocycles. The van der Waals surface area contributed by atoms with Gasteiger partial charge < -0.3 is 4.98 Å². The summed E-state index contributed by atoms with van der Waals surface area (Å²) in [6.07, 6.45) is 1.80. The lowest BCUT2D eigenvalue weighted by molar-refractivity contribution is 0.690. The SMILES string of the molecule is O=S1C(c2ccc[nH]2)=Nc2ccccc21. The van der Waals surface area contributed by atoms with Crippen molar-refractivity contribution in [3.05, 3.63) is 48.3 Å². The normalized spacial score (nSPS) is 18.7. The van der Waals surface area contributed by atoms with E-state index >= 15 is 0 Å². The van der Waals surface area contributed by atoms with Crippen LogP contribution in [0.25, 0.3) is 0 Å². The summed E-state index contributed by atoms with van der Waals surface area (Å²) >= 11 is 0. The maximum Gasteiger partial charge on any atom is 0.156 e. The van der Waals surface area contributed by atoms with Gasteiger partial charge >= 0.3 is 0 Å². The summed E-state index contributed by atoms with van der Waals surface area (Å²) in [5.74, 6) is 0. The molecule has 0 amide bonds. The summed E-state index contributed by atoms with van der Waals surface area (Å²) in [5.41, 5.74) is 1.63. The van der Waals surface area contributed by atoms with Gasteiger partial charge in [0, 0.05) is 6.20 Å². The van der Waals surface area contributed by atoms with Crippen LogP contribution >= 0.6 is 0 Å². The first-order valence-electron chi connectivity index (χ1n) is 4.59. The molecule has 4 heteroatoms. The number of para-hydroxylation sites is 1. The molecular formula is C11H8N2OS. The zero-order chi connectivity index (χ0) is 10.3. The first-order valence-corrected chi connectivity index (χ1v) is 5.74. The summed E-state index contributed by atoms with van der Waals surface area (Å²) in [5, 5.41) is 0.612. The highest BCUT2D eigenvalue weighted by Gasteiger charge is 2.24. The second kappa shape index (κ2) is 3.17. The van der Waals surface area contributed by atoms with Crippen LogP contribution in [-0.2, 0) is 10.8 Å². The van der Waals surface area contributed by atoms with Gasteiger partial charge in [0.1, 0.15) is 10.8 Å². The van der Waals surface area contributed by atoms with Gasteiger partial charge in [0.15, 0.2) is 5.04 Å². The van der Waals surface area contributed by atoms with Crippen LogP contribution in [0.1, 0.15) is 5.69 Å². The van der Waals surface area contributed by atoms with E-state index in [-0.39, 0.29) is 0 Å². The Hall–Kier alpha value is -1.68. The number of nitrogens with zero attached hydrogens (tertiary/aromatic N) is 1. The fourth-order valence-electron chi connectivity index (χ4n) is 1.58. The average Bonchev–Trinajstić information content (AvgIpc) is 2.87. The number of rotatable bonds is 1. The predicted octanol–water partition coefficient (Wildman–Crippen LogP) is 2.21. The molecule has 0 bridgehead atoms. The molecule has 1 aliphatic rings. The van der Waals surface area contributed by atoms with Crippen LogP contribution in [0.4, 0.5) is 5.69 Å². The van der Waals surface area contributed by atoms with Crippen molar-refractivity contribution in [2.75, 3.05) is 0 Å². The summed E-state index contributed by atoms with van der Waals surface area (Å²) < 4.78 is 12.1. The fourth-order valence-corrected chi connectivity index (χ4v) is 2.81. The van der Waals surface area contributed by atoms with Crippen molar-refractivity contribution in [3.8, 4) is 0 Å². The van der Waals surface area contributed by atoms with E-state index in [9.17, 15) is 4.21 Å². The number of benzene rings is 1. The van der Waals surface area contributed by atoms with Gasteiger partial charge in [-0.25, -0.2) is 9.20 Å². The number of aromatic nitrogens is 1. The Balaban J connectivity index is 2.15. The molecule has 0 saturated carbocycles. The molecule has 2 aromatic rings. The number of fused-ring (bicyclic) bond motifs is 1. The zero-order valence-electron chi connectivity index (χ0n) is 7.81. The molecule has 1 N–H and O–H groups in total. The predicted molar refractivity (Wildman–Crippen MR) is 59.8 cm³/mol. The molecule has 1 aromatic carbocycles. The molecule has 1 unspecified atom stereocenters. The van der Waals surface area contributed by atoms with Gasteiger partial charge in [0.2, 0.25) is 0 Å². The van der Waals surface area contributed by atoms with E-state index in [2.05, 4.69) is 9.98 Å². The number of aromatic amines is 1. The van der Waals surface area contributed by atoms with Crippen LogP contribution in [0.3, 0.4) is 0 Å². The fraction of sp³-hybridized carbons (Fsp3) is 0. The van der Waals surface area contributed by atoms with Crippen LogP contribution in [0, 0.1) is 0 Å². The highest BCUT2D eigenvalue weighted by Crippen LogP contribution is 2.31. The van der Waals surface area contributed by atoms with Crippen LogP contribution in [0.5, 0.6) is 0 Å². The molecule has 74 valence electrons. The topological polar surface area (TPSA) is 45.2 Å². The maximum absolute atomic E-state index is 12.1. The van der Waals surface area contributed by atoms with Crippen molar-refractivity contribution in [2.24, 2.45) is 4.99 Å². The summed E-state index contributed by atoms with van der Waals surface area (Å²) in [6.45, 7) is 0. The second-order valence-corrected chi connectivity index (χ2v) is 4.60. The van der Waals surface area contributed by atoms with Crippen LogP contribution in [0.15, 0.2) is 52.5 Å². The minimum atomic E-state index is -1.15. The first kappa shape index (κ1) is 8.61. The Kier molecular flexibility index (Phi) is 1.82. The van der Waals surface area contributed by atoms with Crippen molar-refractivity contribution in [2.45, 2.75) is 4.90 Å². The minimum absolute atomic E-state index is 0.612. The molecule has 1 aromatic heterocycles. The highest BCUT2D eigenvalue weighted by atomic mass is 32.2. The van der Waals surface area contributed by atoms with E-state index in [1.54, 1.807) is 6.20 Å². The summed E-state index contributed by atoms with van der Waals surface area (Å²) in [4.78, 5) is 8.17. The van der Waals surface area contributed by atoms with Gasteiger partial charge in [-0.3, -0.25) is 0 Å². The monoisotopic (exact) mass is 216 g/mol. The molecule has 0 fully saturated rings. The Morgan fingerprint density at radius 3 is 2.73 bits per heavy atom. The Labute approximate surface area is 89.3 Å². The van der Waals surface area contributed by atoms with Crippen molar-refractivity contribution in [1.82, 2.24) is 4.98 Å². The maximum atomic E-state index is 12.1. The van der Waals surface area contributed by atoms with Gasteiger partial charge in [-0.1, -0.05) is 12.1 Å². The Morgan fingerprint density at radius 2 is 2.00 bits per heavy atom. The van der Waals surface area contributed by atoms with E-state index in [4.69, 9.17) is 0 Å². The summed E-state index contributed by atoms with van der Waals surface area (Å²) in [6, 6.07) is 11.3. The second-order valence-electron chi connectivity index (χ2n) is 3.24. The highest BCUT2D eigenvalue weighted by molar-refractivity contribution is 8.01. The average molecular weight is 216 g/mol. The lowest BCUT2D eigenvalue weighted by Crippen LogP contribution is -2.04. The summed E-state index contributed by atoms with van der Waals surface area (Å²) in [7, 11) is -1.15. The smallest absolute Gasteiger partial charge is 0.156 e. The lowest BCUT2D eigenvalue weighted by Gasteiger charge is -1.95. The molecule has 0 spiro atoms. The number of aliphatic imine (C=N–C) groups is 1. The third kappa shape index (κ3) is 1.26. The Morgan fingerprint density at radius 1 is 1.13 bits per heavy atom. The van der Waals surface area contributed by atoms with Crippen LogP contribution in [-0.4, -0.2) is 14.2 Å². The minimum Gasteiger partial charge on any atom is -0.359 e. The van der Waals surface area contributed by atoms with Crippen molar-refractivity contribution in [3.63, 3.8) is 0 Å². The molecule has 0 radical (unpaired) electrons. The number of H-pyrrole nitrogens is 1. The number of nitrogens with one attached hydrogen (secondary N) is 1. The van der Waals surface area contributed by atoms with Crippen LogP contribution in [0.2, 0.25) is 0 Å². The third-order valence-corrected chi connectivity index (χ3v) is 3.70. The van der Waals surface area contributed by atoms with Gasteiger partial charge in [0.05, 0.1) is 16.3 Å². The molecular weight excluding hydrogens is 208 g/mol. The van der Waals surface area contributed by atoms with Gasteiger partial charge in [0.25, 0.3) is 0 Å². The zero-order valence-corrected chi connectivity index (χ0v) is 8.62. The molecule has 1 aliphatic heterocycles. The van der Waals surface area contributed by atoms with Crippen molar-refractivity contribution >= 4 is 21.5 Å². The molecule has 3 rings (SSSR count). The largest absolute Gasteiger partial charge is 0.359 e. The standard InChI is InChI=1S/C11H8N2OS/c14-15-10-6-2-1-4-8(10)13-11(15)9-5-3-7-12-9/h1-7,12H. The Bertz CT molecular complexity index is 558. The van der Waals surface area contributed by atoms with E-state index in [0.717, 1.165) is 16.3 Å². The van der Waals surface area contributed by atoms with E-state index in [1.807, 2.05) is 36.4 Å². The van der Waals surface area contributed by atoms with Gasteiger partial charge in [-0.05, 0) is 24.3 Å². The van der Waals surface area contributed by atoms with Crippen molar-refractivity contribution < 1.29 is 4.21 Å². The first-order chi connectivity index (χ1) is 7.36. The lowest BCUT2D eigenvalue weighted by atomic mass is 10.3. The van der Waals surface area contributed by atoms with E-state index in [1.165, 1.54) is 0 Å². The van der Waals surface area contributed by atoms with Gasteiger partial charge in [-0.15, -0.1) is 0 Å². The number of hydrogen-bond donors (Lipinski definition) is 1.